The molecule has 0 saturated carbocycles. The number of para-hydroxylation sites is 1. The van der Waals surface area contributed by atoms with E-state index in [2.05, 4.69) is 4.98 Å². The second kappa shape index (κ2) is 5.66. The normalized spacial score (nSPS) is 10.1. The lowest BCUT2D eigenvalue weighted by atomic mass is 10.1. The van der Waals surface area contributed by atoms with Gasteiger partial charge in [0.2, 0.25) is 0 Å². The van der Waals surface area contributed by atoms with Gasteiger partial charge in [0.1, 0.15) is 10.6 Å². The minimum Gasteiger partial charge on any atom is -0.310 e. The van der Waals surface area contributed by atoms with E-state index in [4.69, 9.17) is 11.6 Å². The number of anilines is 1. The van der Waals surface area contributed by atoms with Crippen LogP contribution in [0, 0.1) is 10.1 Å². The summed E-state index contributed by atoms with van der Waals surface area (Å²) in [5.41, 5.74) is 0.0792. The summed E-state index contributed by atoms with van der Waals surface area (Å²) >= 11 is 5.79. The van der Waals surface area contributed by atoms with Crippen molar-refractivity contribution in [1.29, 1.82) is 0 Å². The molecule has 0 spiro atoms. The summed E-state index contributed by atoms with van der Waals surface area (Å²) in [6, 6.07) is 7.60. The van der Waals surface area contributed by atoms with Crippen LogP contribution in [0.25, 0.3) is 0 Å². The molecular weight excluding hydrogens is 282 g/mol. The van der Waals surface area contributed by atoms with Crippen LogP contribution in [0.15, 0.2) is 42.7 Å². The van der Waals surface area contributed by atoms with E-state index < -0.39 is 16.5 Å². The van der Waals surface area contributed by atoms with Gasteiger partial charge in [0.15, 0.2) is 0 Å². The van der Waals surface area contributed by atoms with Gasteiger partial charge in [0.05, 0.1) is 16.8 Å². The summed E-state index contributed by atoms with van der Waals surface area (Å²) in [7, 11) is 1.52. The van der Waals surface area contributed by atoms with Crippen molar-refractivity contribution in [2.24, 2.45) is 0 Å². The summed E-state index contributed by atoms with van der Waals surface area (Å²) in [6.07, 6.45) is 3.07. The Morgan fingerprint density at radius 3 is 2.70 bits per heavy atom. The van der Waals surface area contributed by atoms with Gasteiger partial charge in [-0.3, -0.25) is 19.9 Å². The van der Waals surface area contributed by atoms with Gasteiger partial charge in [-0.1, -0.05) is 17.7 Å². The van der Waals surface area contributed by atoms with E-state index in [1.807, 2.05) is 0 Å². The molecule has 1 amide bonds. The number of aromatic nitrogens is 1. The van der Waals surface area contributed by atoms with E-state index in [1.165, 1.54) is 36.3 Å². The number of halogens is 1. The molecule has 0 unspecified atom stereocenters. The Morgan fingerprint density at radius 2 is 2.10 bits per heavy atom. The van der Waals surface area contributed by atoms with Crippen molar-refractivity contribution in [1.82, 2.24) is 4.98 Å². The molecule has 102 valence electrons. The molecule has 0 atom stereocenters. The molecule has 0 radical (unpaired) electrons. The van der Waals surface area contributed by atoms with Crippen LogP contribution in [-0.4, -0.2) is 22.9 Å². The number of carbonyl (C=O) groups is 1. The zero-order valence-corrected chi connectivity index (χ0v) is 11.2. The van der Waals surface area contributed by atoms with Crippen LogP contribution < -0.4 is 4.90 Å². The van der Waals surface area contributed by atoms with Gasteiger partial charge < -0.3 is 4.90 Å². The standard InChI is InChI=1S/C13H10ClN3O3/c1-16(9-4-3-7-15-8-9)13(18)10-5-2-6-11(14)12(10)17(19)20/h2-8H,1H3. The maximum Gasteiger partial charge on any atom is 0.300 e. The van der Waals surface area contributed by atoms with Crippen molar-refractivity contribution < 1.29 is 9.72 Å². The van der Waals surface area contributed by atoms with E-state index in [9.17, 15) is 14.9 Å². The molecule has 2 rings (SSSR count). The number of benzene rings is 1. The number of nitro groups is 1. The van der Waals surface area contributed by atoms with Gasteiger partial charge in [-0.05, 0) is 24.3 Å². The first-order valence-corrected chi connectivity index (χ1v) is 6.01. The number of nitro benzene ring substituents is 1. The zero-order valence-electron chi connectivity index (χ0n) is 10.5. The summed E-state index contributed by atoms with van der Waals surface area (Å²) in [5, 5.41) is 11.0. The number of pyridine rings is 1. The molecule has 0 bridgehead atoms. The van der Waals surface area contributed by atoms with Crippen LogP contribution in [0.5, 0.6) is 0 Å². The van der Waals surface area contributed by atoms with Crippen LogP contribution >= 0.6 is 11.6 Å². The van der Waals surface area contributed by atoms with Crippen molar-refractivity contribution in [2.45, 2.75) is 0 Å². The lowest BCUT2D eigenvalue weighted by Crippen LogP contribution is -2.27. The molecular formula is C13H10ClN3O3. The Morgan fingerprint density at radius 1 is 1.35 bits per heavy atom. The van der Waals surface area contributed by atoms with Gasteiger partial charge in [0, 0.05) is 13.2 Å². The van der Waals surface area contributed by atoms with Crippen molar-refractivity contribution in [3.8, 4) is 0 Å². The van der Waals surface area contributed by atoms with Gasteiger partial charge in [0.25, 0.3) is 5.91 Å². The number of hydrogen-bond acceptors (Lipinski definition) is 4. The first-order chi connectivity index (χ1) is 9.52. The van der Waals surface area contributed by atoms with Gasteiger partial charge in [-0.15, -0.1) is 0 Å². The summed E-state index contributed by atoms with van der Waals surface area (Å²) in [5.74, 6) is -0.521. The molecule has 0 aliphatic heterocycles. The van der Waals surface area contributed by atoms with E-state index in [-0.39, 0.29) is 10.6 Å². The van der Waals surface area contributed by atoms with Crippen LogP contribution in [0.2, 0.25) is 5.02 Å². The van der Waals surface area contributed by atoms with E-state index in [1.54, 1.807) is 18.3 Å². The topological polar surface area (TPSA) is 76.3 Å². The highest BCUT2D eigenvalue weighted by Gasteiger charge is 2.26. The number of nitrogens with zero attached hydrogens (tertiary/aromatic N) is 3. The Hall–Kier alpha value is -2.47. The molecule has 1 aromatic carbocycles. The Balaban J connectivity index is 2.44. The number of hydrogen-bond donors (Lipinski definition) is 0. The van der Waals surface area contributed by atoms with Gasteiger partial charge >= 0.3 is 5.69 Å². The van der Waals surface area contributed by atoms with Crippen LogP contribution in [0.3, 0.4) is 0 Å². The summed E-state index contributed by atoms with van der Waals surface area (Å²) < 4.78 is 0. The molecule has 0 N–H and O–H groups in total. The first kappa shape index (κ1) is 14.0. The smallest absolute Gasteiger partial charge is 0.300 e. The number of amides is 1. The van der Waals surface area contributed by atoms with Crippen molar-refractivity contribution in [2.75, 3.05) is 11.9 Å². The molecule has 1 heterocycles. The monoisotopic (exact) mass is 291 g/mol. The SMILES string of the molecule is CN(C(=O)c1cccc(Cl)c1[N+](=O)[O-])c1cccnc1. The highest BCUT2D eigenvalue weighted by Crippen LogP contribution is 2.29. The molecule has 0 aliphatic carbocycles. The third kappa shape index (κ3) is 2.60. The van der Waals surface area contributed by atoms with Crippen molar-refractivity contribution >= 4 is 28.9 Å². The Labute approximate surface area is 119 Å². The van der Waals surface area contributed by atoms with Crippen LogP contribution in [-0.2, 0) is 0 Å². The molecule has 0 saturated heterocycles. The second-order valence-corrected chi connectivity index (χ2v) is 4.38. The highest BCUT2D eigenvalue weighted by molar-refractivity contribution is 6.33. The molecule has 0 aliphatic rings. The molecule has 6 nitrogen and oxygen atoms in total. The average Bonchev–Trinajstić information content (AvgIpc) is 2.46. The minimum absolute atomic E-state index is 0.0612. The lowest BCUT2D eigenvalue weighted by Gasteiger charge is -2.16. The second-order valence-electron chi connectivity index (χ2n) is 3.97. The maximum atomic E-state index is 12.4. The molecule has 1 aromatic heterocycles. The van der Waals surface area contributed by atoms with Crippen molar-refractivity contribution in [3.63, 3.8) is 0 Å². The fraction of sp³-hybridized carbons (Fsp3) is 0.0769. The minimum atomic E-state index is -0.660. The third-order valence-electron chi connectivity index (χ3n) is 2.74. The number of carbonyl (C=O) groups excluding carboxylic acids is 1. The molecule has 7 heteroatoms. The van der Waals surface area contributed by atoms with E-state index >= 15 is 0 Å². The molecule has 0 fully saturated rings. The maximum absolute atomic E-state index is 12.4. The Bertz CT molecular complexity index is 661. The molecule has 20 heavy (non-hydrogen) atoms. The van der Waals surface area contributed by atoms with Crippen molar-refractivity contribution in [3.05, 3.63) is 63.4 Å². The fourth-order valence-corrected chi connectivity index (χ4v) is 1.97. The zero-order chi connectivity index (χ0) is 14.7. The van der Waals surface area contributed by atoms with Gasteiger partial charge in [-0.25, -0.2) is 0 Å². The largest absolute Gasteiger partial charge is 0.310 e. The summed E-state index contributed by atoms with van der Waals surface area (Å²) in [6.45, 7) is 0. The average molecular weight is 292 g/mol. The Kier molecular flexibility index (Phi) is 3.95. The van der Waals surface area contributed by atoms with Crippen LogP contribution in [0.1, 0.15) is 10.4 Å². The third-order valence-corrected chi connectivity index (χ3v) is 3.04. The lowest BCUT2D eigenvalue weighted by molar-refractivity contribution is -0.385. The van der Waals surface area contributed by atoms with Gasteiger partial charge in [-0.2, -0.15) is 0 Å². The van der Waals surface area contributed by atoms with Crippen LogP contribution in [0.4, 0.5) is 11.4 Å². The summed E-state index contributed by atoms with van der Waals surface area (Å²) in [4.78, 5) is 27.9. The quantitative estimate of drug-likeness (QED) is 0.643. The first-order valence-electron chi connectivity index (χ1n) is 5.63. The van der Waals surface area contributed by atoms with E-state index in [0.717, 1.165) is 0 Å². The van der Waals surface area contributed by atoms with E-state index in [0.29, 0.717) is 5.69 Å². The predicted molar refractivity (Wildman–Crippen MR) is 75.1 cm³/mol. The molecule has 2 aromatic rings. The predicted octanol–water partition coefficient (Wildman–Crippen LogP) is 2.92. The highest BCUT2D eigenvalue weighted by atomic mass is 35.5. The fourth-order valence-electron chi connectivity index (χ4n) is 1.72. The number of rotatable bonds is 3.